The zero-order valence-electron chi connectivity index (χ0n) is 15.6. The van der Waals surface area contributed by atoms with E-state index in [-0.39, 0.29) is 30.0 Å². The van der Waals surface area contributed by atoms with E-state index in [1.807, 2.05) is 30.6 Å². The molecule has 0 fully saturated rings. The van der Waals surface area contributed by atoms with Crippen LogP contribution in [0.5, 0.6) is 5.75 Å². The molecule has 0 aliphatic rings. The molecule has 0 unspecified atom stereocenters. The number of nitrogens with zero attached hydrogens (tertiary/aromatic N) is 3. The summed E-state index contributed by atoms with van der Waals surface area (Å²) in [6.45, 7) is 0. The van der Waals surface area contributed by atoms with Gasteiger partial charge in [-0.3, -0.25) is 4.98 Å². The van der Waals surface area contributed by atoms with Crippen LogP contribution in [0, 0.1) is 5.82 Å². The summed E-state index contributed by atoms with van der Waals surface area (Å²) in [5, 5.41) is 4.51. The molecule has 0 amide bonds. The average molecular weight is 449 g/mol. The Hall–Kier alpha value is -2.50. The predicted molar refractivity (Wildman–Crippen MR) is 105 cm³/mol. The Balaban J connectivity index is 0.00000150. The van der Waals surface area contributed by atoms with Crippen LogP contribution >= 0.6 is 15.9 Å². The molecular formula is C20H13BrFLiN3O3-. The molecule has 0 radical (unpaired) electrons. The van der Waals surface area contributed by atoms with Crippen LogP contribution < -0.4 is 23.6 Å². The smallest absolute Gasteiger partial charge is 0.870 e. The van der Waals surface area contributed by atoms with E-state index in [0.717, 1.165) is 5.56 Å². The SMILES string of the molecule is COc1ccc(-c2cc([C-]=O)nc3cc(-c4ccc(Br)cc4F)nn23)cc1.[Li+].[OH-]. The predicted octanol–water partition coefficient (Wildman–Crippen LogP) is 1.26. The van der Waals surface area contributed by atoms with Crippen LogP contribution in [0.15, 0.2) is 59.1 Å². The summed E-state index contributed by atoms with van der Waals surface area (Å²) in [5.41, 5.74) is 2.80. The second-order valence-corrected chi connectivity index (χ2v) is 6.70. The van der Waals surface area contributed by atoms with Crippen molar-refractivity contribution in [2.24, 2.45) is 0 Å². The third-order valence-electron chi connectivity index (χ3n) is 4.12. The Labute approximate surface area is 186 Å². The molecule has 6 nitrogen and oxygen atoms in total. The number of fused-ring (bicyclic) bond motifs is 1. The fourth-order valence-electron chi connectivity index (χ4n) is 2.82. The maximum atomic E-state index is 14.3. The average Bonchev–Trinajstić information content (AvgIpc) is 3.11. The largest absolute Gasteiger partial charge is 1.00 e. The molecule has 0 saturated carbocycles. The van der Waals surface area contributed by atoms with Crippen molar-refractivity contribution in [3.8, 4) is 28.3 Å². The molecule has 2 aromatic heterocycles. The van der Waals surface area contributed by atoms with Crippen LogP contribution in [0.4, 0.5) is 4.39 Å². The van der Waals surface area contributed by atoms with E-state index in [9.17, 15) is 9.18 Å². The van der Waals surface area contributed by atoms with Crippen LogP contribution in [-0.2, 0) is 4.79 Å². The van der Waals surface area contributed by atoms with Gasteiger partial charge in [-0.05, 0) is 41.6 Å². The molecule has 0 bridgehead atoms. The molecule has 0 saturated heterocycles. The quantitative estimate of drug-likeness (QED) is 0.346. The fraction of sp³-hybridized carbons (Fsp3) is 0.0500. The van der Waals surface area contributed by atoms with Gasteiger partial charge in [-0.25, -0.2) is 8.91 Å². The minimum absolute atomic E-state index is 0. The number of rotatable bonds is 4. The van der Waals surface area contributed by atoms with Gasteiger partial charge >= 0.3 is 18.9 Å². The van der Waals surface area contributed by atoms with Crippen molar-refractivity contribution in [3.05, 3.63) is 70.6 Å². The first-order valence-electron chi connectivity index (χ1n) is 7.98. The monoisotopic (exact) mass is 448 g/mol. The molecule has 1 N–H and O–H groups in total. The number of ether oxygens (including phenoxy) is 1. The van der Waals surface area contributed by atoms with Crippen LogP contribution in [0.2, 0.25) is 0 Å². The second-order valence-electron chi connectivity index (χ2n) is 5.78. The van der Waals surface area contributed by atoms with Crippen molar-refractivity contribution in [3.63, 3.8) is 0 Å². The molecule has 2 heterocycles. The first kappa shape index (κ1) is 22.8. The molecule has 0 aliphatic carbocycles. The van der Waals surface area contributed by atoms with Gasteiger partial charge in [0.15, 0.2) is 5.65 Å². The second kappa shape index (κ2) is 9.33. The van der Waals surface area contributed by atoms with Crippen molar-refractivity contribution in [2.75, 3.05) is 7.11 Å². The minimum atomic E-state index is -0.402. The summed E-state index contributed by atoms with van der Waals surface area (Å²) < 4.78 is 21.7. The van der Waals surface area contributed by atoms with Gasteiger partial charge in [0.2, 0.25) is 0 Å². The summed E-state index contributed by atoms with van der Waals surface area (Å²) >= 11 is 3.25. The normalized spacial score (nSPS) is 10.2. The Morgan fingerprint density at radius 2 is 1.83 bits per heavy atom. The molecule has 2 aromatic carbocycles. The molecule has 0 aliphatic heterocycles. The molecule has 29 heavy (non-hydrogen) atoms. The molecule has 4 rings (SSSR count). The van der Waals surface area contributed by atoms with Gasteiger partial charge in [0.25, 0.3) is 0 Å². The van der Waals surface area contributed by atoms with Gasteiger partial charge in [0.05, 0.1) is 12.8 Å². The Morgan fingerprint density at radius 3 is 2.45 bits per heavy atom. The first-order valence-corrected chi connectivity index (χ1v) is 8.77. The zero-order valence-corrected chi connectivity index (χ0v) is 17.1. The van der Waals surface area contributed by atoms with Gasteiger partial charge in [-0.1, -0.05) is 33.8 Å². The molecule has 142 valence electrons. The number of hydrogen-bond donors (Lipinski definition) is 0. The number of aromatic nitrogens is 3. The minimum Gasteiger partial charge on any atom is -0.870 e. The third-order valence-corrected chi connectivity index (χ3v) is 4.62. The Kier molecular flexibility index (Phi) is 7.33. The third kappa shape index (κ3) is 4.41. The van der Waals surface area contributed by atoms with Gasteiger partial charge in [0, 0.05) is 22.4 Å². The standard InChI is InChI=1S/C20H12BrFN3O2.Li.H2O/c1-27-15-5-2-12(3-6-15)19-9-14(11-26)23-20-10-18(24-25(19)20)16-7-4-13(21)8-17(16)22;;/h2-10H,1H3;;1H2/q-1;+1;/p-1. The van der Waals surface area contributed by atoms with Gasteiger partial charge in [-0.15, -0.1) is 0 Å². The van der Waals surface area contributed by atoms with Crippen molar-refractivity contribution in [1.82, 2.24) is 14.6 Å². The summed E-state index contributed by atoms with van der Waals surface area (Å²) in [5.74, 6) is 0.310. The van der Waals surface area contributed by atoms with E-state index in [2.05, 4.69) is 26.0 Å². The molecular weight excluding hydrogens is 436 g/mol. The number of benzene rings is 2. The Morgan fingerprint density at radius 1 is 1.10 bits per heavy atom. The van der Waals surface area contributed by atoms with E-state index in [1.54, 1.807) is 35.9 Å². The Bertz CT molecular complexity index is 1170. The topological polar surface area (TPSA) is 86.5 Å². The van der Waals surface area contributed by atoms with Crippen LogP contribution in [0.1, 0.15) is 5.69 Å². The number of halogens is 2. The summed E-state index contributed by atoms with van der Waals surface area (Å²) in [4.78, 5) is 15.4. The van der Waals surface area contributed by atoms with E-state index in [1.165, 1.54) is 6.07 Å². The maximum Gasteiger partial charge on any atom is 1.00 e. The van der Waals surface area contributed by atoms with Gasteiger partial charge in [-0.2, -0.15) is 11.2 Å². The molecule has 0 spiro atoms. The van der Waals surface area contributed by atoms with Crippen molar-refractivity contribution in [1.29, 1.82) is 0 Å². The van der Waals surface area contributed by atoms with E-state index >= 15 is 0 Å². The number of methoxy groups -OCH3 is 1. The van der Waals surface area contributed by atoms with Crippen LogP contribution in [0.3, 0.4) is 0 Å². The molecule has 9 heteroatoms. The summed E-state index contributed by atoms with van der Waals surface area (Å²) in [6.07, 6.45) is 1.81. The van der Waals surface area contributed by atoms with Crippen LogP contribution in [-0.4, -0.2) is 33.5 Å². The maximum absolute atomic E-state index is 14.3. The molecule has 4 aromatic rings. The summed E-state index contributed by atoms with van der Waals surface area (Å²) in [6, 6.07) is 15.3. The number of carbonyl (C=O) groups excluding carboxylic acids is 1. The summed E-state index contributed by atoms with van der Waals surface area (Å²) in [7, 11) is 1.59. The fourth-order valence-corrected chi connectivity index (χ4v) is 3.16. The van der Waals surface area contributed by atoms with Crippen molar-refractivity contribution in [2.45, 2.75) is 0 Å². The van der Waals surface area contributed by atoms with E-state index in [4.69, 9.17) is 4.74 Å². The first-order chi connectivity index (χ1) is 13.1. The number of hydrogen-bond acceptors (Lipinski definition) is 5. The molecule has 0 atom stereocenters. The zero-order chi connectivity index (χ0) is 19.0. The van der Waals surface area contributed by atoms with Crippen molar-refractivity contribution < 1.29 is 38.3 Å². The van der Waals surface area contributed by atoms with Crippen LogP contribution in [0.25, 0.3) is 28.2 Å². The van der Waals surface area contributed by atoms with Gasteiger partial charge < -0.3 is 15.0 Å². The van der Waals surface area contributed by atoms with Crippen molar-refractivity contribution >= 4 is 27.9 Å². The van der Waals surface area contributed by atoms with E-state index in [0.29, 0.717) is 32.8 Å². The van der Waals surface area contributed by atoms with Gasteiger partial charge in [0.1, 0.15) is 11.6 Å². The van der Waals surface area contributed by atoms with E-state index < -0.39 is 5.82 Å².